The number of hydrogen-bond acceptors (Lipinski definition) is 3. The summed E-state index contributed by atoms with van der Waals surface area (Å²) in [6.07, 6.45) is 4.35. The summed E-state index contributed by atoms with van der Waals surface area (Å²) in [6, 6.07) is 8.73. The van der Waals surface area contributed by atoms with E-state index in [4.69, 9.17) is 0 Å². The summed E-state index contributed by atoms with van der Waals surface area (Å²) in [5.74, 6) is 0. The van der Waals surface area contributed by atoms with Crippen LogP contribution in [-0.4, -0.2) is 20.6 Å². The molecule has 2 aromatic carbocycles. The molecule has 0 saturated heterocycles. The number of aromatic nitrogens is 3. The maximum absolute atomic E-state index is 12.3. The minimum absolute atomic E-state index is 0.212. The van der Waals surface area contributed by atoms with E-state index in [0.717, 1.165) is 67.8 Å². The van der Waals surface area contributed by atoms with Gasteiger partial charge in [-0.3, -0.25) is 9.48 Å². The topological polar surface area (TPSA) is 63.6 Å². The number of aldehydes is 1. The fraction of sp³-hybridized carbons (Fsp3) is 0.261. The minimum Gasteiger partial charge on any atom is -0.338 e. The van der Waals surface area contributed by atoms with Crippen LogP contribution >= 0.6 is 15.9 Å². The van der Waals surface area contributed by atoms with E-state index in [1.165, 1.54) is 0 Å². The van der Waals surface area contributed by atoms with Gasteiger partial charge >= 0.3 is 0 Å². The second kappa shape index (κ2) is 6.30. The Morgan fingerprint density at radius 1 is 1.31 bits per heavy atom. The fourth-order valence-corrected chi connectivity index (χ4v) is 5.27. The molecule has 5 nitrogen and oxygen atoms in total. The Kier molecular flexibility index (Phi) is 3.94. The number of carbonyl (C=O) groups is 1. The number of fused-ring (bicyclic) bond motifs is 7. The highest BCUT2D eigenvalue weighted by Crippen LogP contribution is 2.46. The van der Waals surface area contributed by atoms with Crippen molar-refractivity contribution in [1.82, 2.24) is 14.3 Å². The van der Waals surface area contributed by atoms with Gasteiger partial charge in [0.2, 0.25) is 0 Å². The third-order valence-corrected chi connectivity index (χ3v) is 6.52. The first-order valence-corrected chi connectivity index (χ1v) is 10.5. The van der Waals surface area contributed by atoms with Gasteiger partial charge in [-0.2, -0.15) is 10.4 Å². The van der Waals surface area contributed by atoms with Crippen LogP contribution in [0.5, 0.6) is 0 Å². The van der Waals surface area contributed by atoms with E-state index in [-0.39, 0.29) is 6.04 Å². The van der Waals surface area contributed by atoms with Crippen molar-refractivity contribution in [1.29, 1.82) is 5.26 Å². The molecule has 2 aromatic heterocycles. The van der Waals surface area contributed by atoms with Crippen LogP contribution in [0.1, 0.15) is 47.1 Å². The van der Waals surface area contributed by atoms with Crippen molar-refractivity contribution in [2.75, 3.05) is 0 Å². The van der Waals surface area contributed by atoms with Crippen LogP contribution in [0.3, 0.4) is 0 Å². The molecule has 4 aromatic rings. The zero-order valence-electron chi connectivity index (χ0n) is 16.5. The Bertz CT molecular complexity index is 1380. The zero-order valence-corrected chi connectivity index (χ0v) is 18.0. The molecule has 0 bridgehead atoms. The molecule has 0 saturated carbocycles. The van der Waals surface area contributed by atoms with Crippen molar-refractivity contribution in [3.63, 3.8) is 0 Å². The molecule has 0 fully saturated rings. The van der Waals surface area contributed by atoms with E-state index in [1.807, 2.05) is 24.0 Å². The highest BCUT2D eigenvalue weighted by Gasteiger charge is 2.30. The number of benzene rings is 2. The van der Waals surface area contributed by atoms with E-state index >= 15 is 0 Å². The van der Waals surface area contributed by atoms with Crippen molar-refractivity contribution >= 4 is 44.0 Å². The molecule has 0 atom stereocenters. The predicted octanol–water partition coefficient (Wildman–Crippen LogP) is 5.32. The summed E-state index contributed by atoms with van der Waals surface area (Å²) in [5.41, 5.74) is 7.18. The van der Waals surface area contributed by atoms with Crippen molar-refractivity contribution in [2.24, 2.45) is 7.05 Å². The molecule has 5 rings (SSSR count). The van der Waals surface area contributed by atoms with Gasteiger partial charge in [0.1, 0.15) is 6.07 Å². The molecule has 0 unspecified atom stereocenters. The number of carbonyl (C=O) groups excluding carboxylic acids is 1. The number of nitrogens with zero attached hydrogens (tertiary/aromatic N) is 4. The van der Waals surface area contributed by atoms with Gasteiger partial charge in [-0.25, -0.2) is 0 Å². The van der Waals surface area contributed by atoms with Gasteiger partial charge in [0.25, 0.3) is 0 Å². The summed E-state index contributed by atoms with van der Waals surface area (Å²) in [7, 11) is 1.93. The standard InChI is InChI=1S/C23H19BrN4O/c1-12(2)28-20-6-4-13(24)8-15(20)22-16(9-25)18(11-29)21-14(23(22)28)5-7-19-17(21)10-26-27(19)3/h4,6,8,10-12H,5,7H2,1-3H3. The SMILES string of the molecule is CC(C)n1c2ccc(Br)cc2c2c(C#N)c(C=O)c3c(c21)CCc1c-3cnn1C. The lowest BCUT2D eigenvalue weighted by Crippen LogP contribution is -2.13. The summed E-state index contributed by atoms with van der Waals surface area (Å²) < 4.78 is 5.14. The van der Waals surface area contributed by atoms with Crippen LogP contribution < -0.4 is 0 Å². The average Bonchev–Trinajstić information content (AvgIpc) is 3.24. The third-order valence-electron chi connectivity index (χ3n) is 6.03. The van der Waals surface area contributed by atoms with E-state index < -0.39 is 0 Å². The third kappa shape index (κ3) is 2.31. The summed E-state index contributed by atoms with van der Waals surface area (Å²) >= 11 is 3.57. The van der Waals surface area contributed by atoms with Gasteiger partial charge in [0, 0.05) is 56.2 Å². The highest BCUT2D eigenvalue weighted by atomic mass is 79.9. The number of halogens is 1. The normalized spacial score (nSPS) is 13.0. The lowest BCUT2D eigenvalue weighted by atomic mass is 9.82. The van der Waals surface area contributed by atoms with Crippen LogP contribution in [0.25, 0.3) is 32.9 Å². The number of hydrogen-bond donors (Lipinski definition) is 0. The Labute approximate surface area is 176 Å². The predicted molar refractivity (Wildman–Crippen MR) is 117 cm³/mol. The van der Waals surface area contributed by atoms with E-state index in [0.29, 0.717) is 11.1 Å². The lowest BCUT2D eigenvalue weighted by molar-refractivity contribution is 0.112. The van der Waals surface area contributed by atoms with Crippen molar-refractivity contribution in [3.05, 3.63) is 51.3 Å². The van der Waals surface area contributed by atoms with E-state index in [9.17, 15) is 10.1 Å². The Hall–Kier alpha value is -2.91. The summed E-state index contributed by atoms with van der Waals surface area (Å²) in [6.45, 7) is 4.32. The van der Waals surface area contributed by atoms with Crippen LogP contribution in [0.2, 0.25) is 0 Å². The first kappa shape index (κ1) is 18.1. The van der Waals surface area contributed by atoms with Gasteiger partial charge in [0.15, 0.2) is 6.29 Å². The number of nitriles is 1. The van der Waals surface area contributed by atoms with Crippen LogP contribution in [0, 0.1) is 11.3 Å². The molecule has 0 aliphatic heterocycles. The average molecular weight is 447 g/mol. The Morgan fingerprint density at radius 3 is 2.79 bits per heavy atom. The second-order valence-electron chi connectivity index (χ2n) is 7.85. The van der Waals surface area contributed by atoms with Crippen molar-refractivity contribution in [3.8, 4) is 17.2 Å². The van der Waals surface area contributed by atoms with Gasteiger partial charge < -0.3 is 4.57 Å². The molecule has 2 heterocycles. The smallest absolute Gasteiger partial charge is 0.152 e. The molecule has 0 N–H and O–H groups in total. The van der Waals surface area contributed by atoms with Gasteiger partial charge in [-0.15, -0.1) is 0 Å². The molecule has 0 spiro atoms. The summed E-state index contributed by atoms with van der Waals surface area (Å²) in [4.78, 5) is 12.3. The van der Waals surface area contributed by atoms with Gasteiger partial charge in [-0.05, 0) is 50.5 Å². The maximum atomic E-state index is 12.3. The number of rotatable bonds is 2. The zero-order chi connectivity index (χ0) is 20.4. The molecule has 1 aliphatic carbocycles. The van der Waals surface area contributed by atoms with Crippen LogP contribution in [0.15, 0.2) is 28.9 Å². The molecular formula is C23H19BrN4O. The van der Waals surface area contributed by atoms with E-state index in [2.05, 4.69) is 57.6 Å². The molecule has 144 valence electrons. The second-order valence-corrected chi connectivity index (χ2v) is 8.76. The van der Waals surface area contributed by atoms with Crippen molar-refractivity contribution < 1.29 is 4.79 Å². The largest absolute Gasteiger partial charge is 0.338 e. The van der Waals surface area contributed by atoms with E-state index in [1.54, 1.807) is 0 Å². The maximum Gasteiger partial charge on any atom is 0.152 e. The molecule has 29 heavy (non-hydrogen) atoms. The molecular weight excluding hydrogens is 428 g/mol. The van der Waals surface area contributed by atoms with Gasteiger partial charge in [-0.1, -0.05) is 15.9 Å². The first-order valence-electron chi connectivity index (χ1n) is 9.66. The molecule has 0 amide bonds. The fourth-order valence-electron chi connectivity index (χ4n) is 4.91. The monoisotopic (exact) mass is 446 g/mol. The molecule has 0 radical (unpaired) electrons. The first-order chi connectivity index (χ1) is 14.0. The van der Waals surface area contributed by atoms with Crippen LogP contribution in [-0.2, 0) is 19.9 Å². The Morgan fingerprint density at radius 2 is 2.10 bits per heavy atom. The van der Waals surface area contributed by atoms with Crippen molar-refractivity contribution in [2.45, 2.75) is 32.7 Å². The Balaban J connectivity index is 2.11. The minimum atomic E-state index is 0.212. The quantitative estimate of drug-likeness (QED) is 0.391. The highest BCUT2D eigenvalue weighted by molar-refractivity contribution is 9.10. The van der Waals surface area contributed by atoms with Gasteiger partial charge in [0.05, 0.1) is 17.3 Å². The molecule has 6 heteroatoms. The number of aryl methyl sites for hydroxylation is 2. The lowest BCUT2D eigenvalue weighted by Gasteiger charge is -2.23. The van der Waals surface area contributed by atoms with Crippen LogP contribution in [0.4, 0.5) is 0 Å². The molecule has 1 aliphatic rings. The summed E-state index contributed by atoms with van der Waals surface area (Å²) in [5, 5.41) is 16.4.